The number of hydrogen-bond donors (Lipinski definition) is 1. The molecule has 0 saturated heterocycles. The largest absolute Gasteiger partial charge is 0.481 e. The third kappa shape index (κ3) is 1.84. The summed E-state index contributed by atoms with van der Waals surface area (Å²) >= 11 is 0. The molecule has 0 aliphatic rings. The molecule has 2 rings (SSSR count). The highest BCUT2D eigenvalue weighted by atomic mass is 19.1. The molecule has 1 aromatic heterocycles. The van der Waals surface area contributed by atoms with E-state index in [1.54, 1.807) is 18.2 Å². The summed E-state index contributed by atoms with van der Waals surface area (Å²) in [6, 6.07) is 6.49. The van der Waals surface area contributed by atoms with Crippen LogP contribution >= 0.6 is 0 Å². The predicted octanol–water partition coefficient (Wildman–Crippen LogP) is 1.88. The third-order valence-electron chi connectivity index (χ3n) is 2.48. The minimum absolute atomic E-state index is 0.272. The molecule has 0 saturated carbocycles. The Morgan fingerprint density at radius 1 is 1.31 bits per heavy atom. The lowest BCUT2D eigenvalue weighted by Gasteiger charge is -2.07. The third-order valence-corrected chi connectivity index (χ3v) is 2.48. The van der Waals surface area contributed by atoms with Crippen molar-refractivity contribution < 1.29 is 9.13 Å². The highest BCUT2D eigenvalue weighted by molar-refractivity contribution is 5.83. The van der Waals surface area contributed by atoms with Crippen LogP contribution in [-0.2, 0) is 6.42 Å². The molecule has 2 aromatic rings. The zero-order chi connectivity index (χ0) is 11.5. The van der Waals surface area contributed by atoms with E-state index in [9.17, 15) is 4.39 Å². The molecule has 0 atom stereocenters. The number of aromatic nitrogens is 1. The summed E-state index contributed by atoms with van der Waals surface area (Å²) in [5.41, 5.74) is 7.08. The molecule has 0 spiro atoms. The zero-order valence-electron chi connectivity index (χ0n) is 9.03. The van der Waals surface area contributed by atoms with Crippen LogP contribution < -0.4 is 10.5 Å². The summed E-state index contributed by atoms with van der Waals surface area (Å²) in [4.78, 5) is 4.26. The second-order valence-electron chi connectivity index (χ2n) is 3.49. The summed E-state index contributed by atoms with van der Waals surface area (Å²) in [5.74, 6) is 0.210. The fourth-order valence-corrected chi connectivity index (χ4v) is 1.69. The van der Waals surface area contributed by atoms with Gasteiger partial charge in [0, 0.05) is 11.5 Å². The fraction of sp³-hybridized carbons (Fsp3) is 0.250. The Labute approximate surface area is 93.0 Å². The van der Waals surface area contributed by atoms with Crippen molar-refractivity contribution in [3.8, 4) is 5.88 Å². The Morgan fingerprint density at radius 3 is 2.81 bits per heavy atom. The molecule has 1 heterocycles. The average molecular weight is 220 g/mol. The predicted molar refractivity (Wildman–Crippen MR) is 61.0 cm³/mol. The Kier molecular flexibility index (Phi) is 3.01. The van der Waals surface area contributed by atoms with Crippen LogP contribution in [0.3, 0.4) is 0 Å². The summed E-state index contributed by atoms with van der Waals surface area (Å²) in [6.07, 6.45) is 0.678. The highest BCUT2D eigenvalue weighted by Gasteiger charge is 2.08. The number of benzene rings is 1. The molecule has 0 radical (unpaired) electrons. The normalized spacial score (nSPS) is 10.7. The SMILES string of the molecule is COc1ccc2c(F)ccc(CCN)c2n1. The number of pyridine rings is 1. The molecule has 0 aliphatic heterocycles. The van der Waals surface area contributed by atoms with Gasteiger partial charge in [-0.05, 0) is 30.7 Å². The van der Waals surface area contributed by atoms with Gasteiger partial charge in [-0.3, -0.25) is 0 Å². The van der Waals surface area contributed by atoms with Gasteiger partial charge in [0.2, 0.25) is 5.88 Å². The summed E-state index contributed by atoms with van der Waals surface area (Å²) < 4.78 is 18.6. The van der Waals surface area contributed by atoms with Crippen molar-refractivity contribution in [3.63, 3.8) is 0 Å². The average Bonchev–Trinajstić information content (AvgIpc) is 2.32. The first-order chi connectivity index (χ1) is 7.76. The van der Waals surface area contributed by atoms with Crippen LogP contribution in [0.1, 0.15) is 5.56 Å². The quantitative estimate of drug-likeness (QED) is 0.859. The van der Waals surface area contributed by atoms with Crippen LogP contribution in [0.15, 0.2) is 24.3 Å². The van der Waals surface area contributed by atoms with E-state index in [1.807, 2.05) is 0 Å². The second-order valence-corrected chi connectivity index (χ2v) is 3.49. The van der Waals surface area contributed by atoms with Gasteiger partial charge in [-0.15, -0.1) is 0 Å². The number of rotatable bonds is 3. The number of halogens is 1. The van der Waals surface area contributed by atoms with E-state index in [1.165, 1.54) is 13.2 Å². The Balaban J connectivity index is 2.67. The topological polar surface area (TPSA) is 48.1 Å². The van der Waals surface area contributed by atoms with Gasteiger partial charge in [-0.1, -0.05) is 6.07 Å². The highest BCUT2D eigenvalue weighted by Crippen LogP contribution is 2.23. The fourth-order valence-electron chi connectivity index (χ4n) is 1.69. The van der Waals surface area contributed by atoms with Gasteiger partial charge in [0.15, 0.2) is 0 Å². The summed E-state index contributed by atoms with van der Waals surface area (Å²) in [7, 11) is 1.54. The number of ether oxygens (including phenoxy) is 1. The summed E-state index contributed by atoms with van der Waals surface area (Å²) in [6.45, 7) is 0.514. The molecule has 0 aliphatic carbocycles. The van der Waals surface area contributed by atoms with Crippen LogP contribution in [0.4, 0.5) is 4.39 Å². The minimum Gasteiger partial charge on any atom is -0.481 e. The van der Waals surface area contributed by atoms with Crippen molar-refractivity contribution in [3.05, 3.63) is 35.6 Å². The van der Waals surface area contributed by atoms with Crippen molar-refractivity contribution in [2.45, 2.75) is 6.42 Å². The van der Waals surface area contributed by atoms with E-state index in [4.69, 9.17) is 10.5 Å². The van der Waals surface area contributed by atoms with Crippen LogP contribution in [0, 0.1) is 5.82 Å². The maximum atomic E-state index is 13.5. The Hall–Kier alpha value is -1.68. The molecule has 16 heavy (non-hydrogen) atoms. The molecule has 1 aromatic carbocycles. The maximum Gasteiger partial charge on any atom is 0.213 e. The number of methoxy groups -OCH3 is 1. The second kappa shape index (κ2) is 4.45. The molecule has 0 fully saturated rings. The molecule has 2 N–H and O–H groups in total. The van der Waals surface area contributed by atoms with Gasteiger partial charge >= 0.3 is 0 Å². The summed E-state index contributed by atoms with van der Waals surface area (Å²) in [5, 5.41) is 0.506. The molecule has 84 valence electrons. The molecule has 4 heteroatoms. The van der Waals surface area contributed by atoms with Gasteiger partial charge in [0.05, 0.1) is 12.6 Å². The molecular formula is C12H13FN2O. The standard InChI is InChI=1S/C12H13FN2O/c1-16-11-5-3-9-10(13)4-2-8(6-7-14)12(9)15-11/h2-5H,6-7,14H2,1H3. The van der Waals surface area contributed by atoms with Crippen LogP contribution in [0.25, 0.3) is 10.9 Å². The first-order valence-corrected chi connectivity index (χ1v) is 5.08. The minimum atomic E-state index is -0.272. The van der Waals surface area contributed by atoms with E-state index >= 15 is 0 Å². The maximum absolute atomic E-state index is 13.5. The lowest BCUT2D eigenvalue weighted by Crippen LogP contribution is -2.04. The van der Waals surface area contributed by atoms with Crippen molar-refractivity contribution in [2.24, 2.45) is 5.73 Å². The van der Waals surface area contributed by atoms with Crippen LogP contribution in [0.2, 0.25) is 0 Å². The smallest absolute Gasteiger partial charge is 0.213 e. The van der Waals surface area contributed by atoms with E-state index in [0.29, 0.717) is 29.7 Å². The van der Waals surface area contributed by atoms with Gasteiger partial charge in [-0.2, -0.15) is 0 Å². The Morgan fingerprint density at radius 2 is 2.12 bits per heavy atom. The number of fused-ring (bicyclic) bond motifs is 1. The molecule has 0 amide bonds. The van der Waals surface area contributed by atoms with E-state index in [0.717, 1.165) is 5.56 Å². The van der Waals surface area contributed by atoms with Gasteiger partial charge in [0.25, 0.3) is 0 Å². The van der Waals surface area contributed by atoms with E-state index < -0.39 is 0 Å². The van der Waals surface area contributed by atoms with E-state index in [2.05, 4.69) is 4.98 Å². The van der Waals surface area contributed by atoms with Crippen molar-refractivity contribution in [2.75, 3.05) is 13.7 Å². The molecule has 0 bridgehead atoms. The lowest BCUT2D eigenvalue weighted by molar-refractivity contribution is 0.399. The number of hydrogen-bond acceptors (Lipinski definition) is 3. The first kappa shape index (κ1) is 10.8. The van der Waals surface area contributed by atoms with Crippen molar-refractivity contribution >= 4 is 10.9 Å². The zero-order valence-corrected chi connectivity index (χ0v) is 9.03. The molecule has 3 nitrogen and oxygen atoms in total. The van der Waals surface area contributed by atoms with Gasteiger partial charge in [-0.25, -0.2) is 9.37 Å². The van der Waals surface area contributed by atoms with Crippen LogP contribution in [0.5, 0.6) is 5.88 Å². The molecular weight excluding hydrogens is 207 g/mol. The van der Waals surface area contributed by atoms with E-state index in [-0.39, 0.29) is 5.82 Å². The van der Waals surface area contributed by atoms with Gasteiger partial charge < -0.3 is 10.5 Å². The number of nitrogens with zero attached hydrogens (tertiary/aromatic N) is 1. The van der Waals surface area contributed by atoms with Gasteiger partial charge in [0.1, 0.15) is 5.82 Å². The monoisotopic (exact) mass is 220 g/mol. The lowest BCUT2D eigenvalue weighted by atomic mass is 10.1. The van der Waals surface area contributed by atoms with Crippen molar-refractivity contribution in [1.82, 2.24) is 4.98 Å². The van der Waals surface area contributed by atoms with Crippen LogP contribution in [-0.4, -0.2) is 18.6 Å². The van der Waals surface area contributed by atoms with Crippen molar-refractivity contribution in [1.29, 1.82) is 0 Å². The first-order valence-electron chi connectivity index (χ1n) is 5.08. The Bertz CT molecular complexity index is 514. The molecule has 0 unspecified atom stereocenters. The number of nitrogens with two attached hydrogens (primary N) is 1.